The Morgan fingerprint density at radius 3 is 2.76 bits per heavy atom. The molecule has 2 aromatic rings. The maximum atomic E-state index is 14.0. The highest BCUT2D eigenvalue weighted by atomic mass is 35.5. The summed E-state index contributed by atoms with van der Waals surface area (Å²) >= 11 is 6.09. The molecule has 1 aliphatic heterocycles. The highest BCUT2D eigenvalue weighted by Gasteiger charge is 2.30. The first kappa shape index (κ1) is 14.4. The van der Waals surface area contributed by atoms with Crippen LogP contribution in [0.25, 0.3) is 0 Å². The maximum absolute atomic E-state index is 14.0. The van der Waals surface area contributed by atoms with E-state index < -0.39 is 6.04 Å². The van der Waals surface area contributed by atoms with Gasteiger partial charge in [0, 0.05) is 17.0 Å². The lowest BCUT2D eigenvalue weighted by molar-refractivity contribution is 0.138. The second-order valence-corrected chi connectivity index (χ2v) is 6.43. The van der Waals surface area contributed by atoms with Crippen LogP contribution in [0.15, 0.2) is 36.4 Å². The molecule has 110 valence electrons. The van der Waals surface area contributed by atoms with Gasteiger partial charge in [0.25, 0.3) is 0 Å². The Balaban J connectivity index is 1.99. The van der Waals surface area contributed by atoms with E-state index >= 15 is 0 Å². The predicted molar refractivity (Wildman–Crippen MR) is 82.3 cm³/mol. The molecule has 1 unspecified atom stereocenters. The van der Waals surface area contributed by atoms with Gasteiger partial charge in [0.1, 0.15) is 17.2 Å². The molecule has 2 N–H and O–H groups in total. The Morgan fingerprint density at radius 1 is 1.29 bits per heavy atom. The Bertz CT molecular complexity index is 679. The van der Waals surface area contributed by atoms with Crippen molar-refractivity contribution in [2.75, 3.05) is 0 Å². The Morgan fingerprint density at radius 2 is 2.05 bits per heavy atom. The first-order valence-corrected chi connectivity index (χ1v) is 7.26. The fraction of sp³-hybridized carbons (Fsp3) is 0.294. The molecule has 0 saturated heterocycles. The Labute approximate surface area is 128 Å². The summed E-state index contributed by atoms with van der Waals surface area (Å²) in [6, 6.07) is 9.76. The van der Waals surface area contributed by atoms with Crippen LogP contribution in [0.2, 0.25) is 5.02 Å². The Hall–Kier alpha value is -1.58. The van der Waals surface area contributed by atoms with Crippen LogP contribution in [0.4, 0.5) is 4.39 Å². The predicted octanol–water partition coefficient (Wildman–Crippen LogP) is 4.24. The van der Waals surface area contributed by atoms with Crippen LogP contribution in [-0.2, 0) is 6.42 Å². The number of rotatable bonds is 2. The van der Waals surface area contributed by atoms with Crippen molar-refractivity contribution in [2.24, 2.45) is 5.73 Å². The standard InChI is InChI=1S/C17H17ClFNO/c1-17(2)9-11-8-10(6-7-14(11)21-17)16(20)15-12(18)4-3-5-13(15)19/h3-8,16H,9,20H2,1-2H3. The van der Waals surface area contributed by atoms with E-state index in [1.807, 2.05) is 32.0 Å². The highest BCUT2D eigenvalue weighted by molar-refractivity contribution is 6.31. The van der Waals surface area contributed by atoms with E-state index in [1.54, 1.807) is 12.1 Å². The Kier molecular flexibility index (Phi) is 3.42. The van der Waals surface area contributed by atoms with Gasteiger partial charge in [-0.15, -0.1) is 0 Å². The quantitative estimate of drug-likeness (QED) is 0.900. The number of hydrogen-bond donors (Lipinski definition) is 1. The lowest BCUT2D eigenvalue weighted by Crippen LogP contribution is -2.24. The fourth-order valence-corrected chi connectivity index (χ4v) is 3.08. The lowest BCUT2D eigenvalue weighted by Gasteiger charge is -2.16. The summed E-state index contributed by atoms with van der Waals surface area (Å²) in [5.41, 5.74) is 8.27. The fourth-order valence-electron chi connectivity index (χ4n) is 2.80. The SMILES string of the molecule is CC1(C)Cc2cc(C(N)c3c(F)cccc3Cl)ccc2O1. The molecular weight excluding hydrogens is 289 g/mol. The second-order valence-electron chi connectivity index (χ2n) is 6.02. The maximum Gasteiger partial charge on any atom is 0.129 e. The molecule has 0 bridgehead atoms. The van der Waals surface area contributed by atoms with Crippen LogP contribution < -0.4 is 10.5 Å². The molecule has 0 aromatic heterocycles. The minimum atomic E-state index is -0.590. The van der Waals surface area contributed by atoms with Crippen molar-refractivity contribution in [3.8, 4) is 5.75 Å². The molecule has 4 heteroatoms. The van der Waals surface area contributed by atoms with Crippen molar-refractivity contribution in [3.05, 3.63) is 63.9 Å². The van der Waals surface area contributed by atoms with Crippen LogP contribution in [0.5, 0.6) is 5.75 Å². The van der Waals surface area contributed by atoms with Crippen LogP contribution in [0, 0.1) is 5.82 Å². The van der Waals surface area contributed by atoms with Gasteiger partial charge in [-0.25, -0.2) is 4.39 Å². The van der Waals surface area contributed by atoms with E-state index in [2.05, 4.69) is 0 Å². The van der Waals surface area contributed by atoms with Crippen molar-refractivity contribution in [1.29, 1.82) is 0 Å². The van der Waals surface area contributed by atoms with E-state index in [-0.39, 0.29) is 11.4 Å². The molecule has 3 rings (SSSR count). The molecule has 1 atom stereocenters. The molecule has 2 nitrogen and oxygen atoms in total. The van der Waals surface area contributed by atoms with Crippen LogP contribution in [0.1, 0.15) is 36.6 Å². The summed E-state index contributed by atoms with van der Waals surface area (Å²) in [5.74, 6) is 0.489. The molecule has 21 heavy (non-hydrogen) atoms. The number of hydrogen-bond acceptors (Lipinski definition) is 2. The summed E-state index contributed by atoms with van der Waals surface area (Å²) in [7, 11) is 0. The zero-order valence-electron chi connectivity index (χ0n) is 12.0. The topological polar surface area (TPSA) is 35.2 Å². The van der Waals surface area contributed by atoms with Crippen LogP contribution in [-0.4, -0.2) is 5.60 Å². The van der Waals surface area contributed by atoms with E-state index in [4.69, 9.17) is 22.1 Å². The van der Waals surface area contributed by atoms with Gasteiger partial charge in [-0.3, -0.25) is 0 Å². The van der Waals surface area contributed by atoms with Crippen molar-refractivity contribution >= 4 is 11.6 Å². The molecule has 0 aliphatic carbocycles. The van der Waals surface area contributed by atoms with Crippen molar-refractivity contribution in [1.82, 2.24) is 0 Å². The van der Waals surface area contributed by atoms with Gasteiger partial charge < -0.3 is 10.5 Å². The molecule has 0 saturated carbocycles. The van der Waals surface area contributed by atoms with E-state index in [1.165, 1.54) is 6.07 Å². The van der Waals surface area contributed by atoms with E-state index in [9.17, 15) is 4.39 Å². The van der Waals surface area contributed by atoms with Gasteiger partial charge in [0.2, 0.25) is 0 Å². The van der Waals surface area contributed by atoms with E-state index in [0.29, 0.717) is 10.6 Å². The molecule has 1 aliphatic rings. The van der Waals surface area contributed by atoms with Gasteiger partial charge in [-0.05, 0) is 43.2 Å². The lowest BCUT2D eigenvalue weighted by atomic mass is 9.95. The smallest absolute Gasteiger partial charge is 0.129 e. The number of fused-ring (bicyclic) bond motifs is 1. The molecule has 0 radical (unpaired) electrons. The van der Waals surface area contributed by atoms with Gasteiger partial charge >= 0.3 is 0 Å². The number of halogens is 2. The van der Waals surface area contributed by atoms with Gasteiger partial charge in [-0.2, -0.15) is 0 Å². The van der Waals surface area contributed by atoms with Gasteiger partial charge in [0.05, 0.1) is 6.04 Å². The minimum absolute atomic E-state index is 0.208. The first-order chi connectivity index (χ1) is 9.87. The minimum Gasteiger partial charge on any atom is -0.487 e. The van der Waals surface area contributed by atoms with Crippen molar-refractivity contribution < 1.29 is 9.13 Å². The summed E-state index contributed by atoms with van der Waals surface area (Å²) in [6.07, 6.45) is 0.813. The van der Waals surface area contributed by atoms with Crippen LogP contribution in [0.3, 0.4) is 0 Å². The monoisotopic (exact) mass is 305 g/mol. The number of nitrogens with two attached hydrogens (primary N) is 1. The molecule has 1 heterocycles. The summed E-state index contributed by atoms with van der Waals surface area (Å²) in [4.78, 5) is 0. The zero-order chi connectivity index (χ0) is 15.2. The third kappa shape index (κ3) is 2.63. The van der Waals surface area contributed by atoms with Gasteiger partial charge in [0.15, 0.2) is 0 Å². The molecule has 0 fully saturated rings. The van der Waals surface area contributed by atoms with Crippen molar-refractivity contribution in [2.45, 2.75) is 31.9 Å². The summed E-state index contributed by atoms with van der Waals surface area (Å²) in [6.45, 7) is 4.08. The average Bonchev–Trinajstić information content (AvgIpc) is 2.70. The largest absolute Gasteiger partial charge is 0.487 e. The highest BCUT2D eigenvalue weighted by Crippen LogP contribution is 2.37. The molecule has 0 amide bonds. The molecular formula is C17H17ClFNO. The number of benzene rings is 2. The molecule has 2 aromatic carbocycles. The summed E-state index contributed by atoms with van der Waals surface area (Å²) in [5, 5.41) is 0.347. The van der Waals surface area contributed by atoms with E-state index in [0.717, 1.165) is 23.3 Å². The van der Waals surface area contributed by atoms with Crippen molar-refractivity contribution in [3.63, 3.8) is 0 Å². The molecule has 0 spiro atoms. The second kappa shape index (κ2) is 5.00. The average molecular weight is 306 g/mol. The summed E-state index contributed by atoms with van der Waals surface area (Å²) < 4.78 is 19.8. The van der Waals surface area contributed by atoms with Crippen LogP contribution >= 0.6 is 11.6 Å². The van der Waals surface area contributed by atoms with Gasteiger partial charge in [-0.1, -0.05) is 29.8 Å². The third-order valence-electron chi connectivity index (χ3n) is 3.76. The first-order valence-electron chi connectivity index (χ1n) is 6.89. The normalized spacial score (nSPS) is 17.2. The third-order valence-corrected chi connectivity index (χ3v) is 4.09. The zero-order valence-corrected chi connectivity index (χ0v) is 12.7. The number of ether oxygens (including phenoxy) is 1.